The van der Waals surface area contributed by atoms with Crippen LogP contribution in [0.5, 0.6) is 0 Å². The van der Waals surface area contributed by atoms with Crippen LogP contribution in [0.3, 0.4) is 0 Å². The second kappa shape index (κ2) is 6.61. The van der Waals surface area contributed by atoms with E-state index in [4.69, 9.17) is 0 Å². The van der Waals surface area contributed by atoms with Gasteiger partial charge in [0.2, 0.25) is 0 Å². The monoisotopic (exact) mass is 290 g/mol. The van der Waals surface area contributed by atoms with E-state index in [0.717, 1.165) is 12.0 Å². The Morgan fingerprint density at radius 3 is 2.67 bits per heavy atom. The Hall–Kier alpha value is -2.04. The Bertz CT molecular complexity index is 504. The Morgan fingerprint density at radius 2 is 2.05 bits per heavy atom. The zero-order chi connectivity index (χ0) is 15.4. The first-order valence-corrected chi connectivity index (χ1v) is 7.33. The molecule has 0 saturated carbocycles. The molecule has 2 rings (SSSR count). The molecule has 1 aliphatic rings. The molecule has 0 aromatic heterocycles. The third-order valence-corrected chi connectivity index (χ3v) is 4.14. The number of hydrogen-bond donors (Lipinski definition) is 2. The topological polar surface area (TPSA) is 69.6 Å². The summed E-state index contributed by atoms with van der Waals surface area (Å²) in [6, 6.07) is 8.94. The molecule has 1 aromatic carbocycles. The highest BCUT2D eigenvalue weighted by atomic mass is 16.4. The van der Waals surface area contributed by atoms with Gasteiger partial charge in [-0.2, -0.15) is 0 Å². The zero-order valence-corrected chi connectivity index (χ0v) is 12.5. The summed E-state index contributed by atoms with van der Waals surface area (Å²) < 4.78 is 0. The van der Waals surface area contributed by atoms with Crippen LogP contribution in [0.4, 0.5) is 4.79 Å². The SMILES string of the molecule is CC(CNC(=O)N1CCC(C)C1C(=O)O)c1ccccc1. The molecule has 0 aliphatic carbocycles. The normalized spacial score (nSPS) is 22.9. The molecule has 1 saturated heterocycles. The van der Waals surface area contributed by atoms with Gasteiger partial charge in [0.15, 0.2) is 0 Å². The van der Waals surface area contributed by atoms with Crippen molar-refractivity contribution in [3.05, 3.63) is 35.9 Å². The van der Waals surface area contributed by atoms with E-state index in [9.17, 15) is 14.7 Å². The smallest absolute Gasteiger partial charge is 0.326 e. The standard InChI is InChI=1S/C16H22N2O3/c1-11-8-9-18(14(11)15(19)20)16(21)17-10-12(2)13-6-4-3-5-7-13/h3-7,11-12,14H,8-10H2,1-2H3,(H,17,21)(H,19,20). The molecule has 3 atom stereocenters. The van der Waals surface area contributed by atoms with E-state index < -0.39 is 12.0 Å². The molecule has 2 N–H and O–H groups in total. The predicted molar refractivity (Wildman–Crippen MR) is 80.2 cm³/mol. The lowest BCUT2D eigenvalue weighted by Crippen LogP contribution is -2.48. The Labute approximate surface area is 125 Å². The summed E-state index contributed by atoms with van der Waals surface area (Å²) in [7, 11) is 0. The summed E-state index contributed by atoms with van der Waals surface area (Å²) in [5.41, 5.74) is 1.15. The van der Waals surface area contributed by atoms with E-state index in [2.05, 4.69) is 5.32 Å². The van der Waals surface area contributed by atoms with Crippen LogP contribution in [0.1, 0.15) is 31.7 Å². The van der Waals surface area contributed by atoms with Gasteiger partial charge >= 0.3 is 12.0 Å². The Morgan fingerprint density at radius 1 is 1.38 bits per heavy atom. The number of carboxylic acid groups (broad SMARTS) is 1. The lowest BCUT2D eigenvalue weighted by atomic mass is 10.0. The molecule has 2 amide bonds. The van der Waals surface area contributed by atoms with E-state index in [-0.39, 0.29) is 17.9 Å². The van der Waals surface area contributed by atoms with Crippen LogP contribution in [0.25, 0.3) is 0 Å². The van der Waals surface area contributed by atoms with E-state index in [1.165, 1.54) is 4.90 Å². The number of carboxylic acids is 1. The number of nitrogens with zero attached hydrogens (tertiary/aromatic N) is 1. The van der Waals surface area contributed by atoms with Crippen LogP contribution >= 0.6 is 0 Å². The van der Waals surface area contributed by atoms with Gasteiger partial charge in [-0.05, 0) is 23.8 Å². The summed E-state index contributed by atoms with van der Waals surface area (Å²) in [6.45, 7) is 4.92. The number of rotatable bonds is 4. The summed E-state index contributed by atoms with van der Waals surface area (Å²) in [6.07, 6.45) is 0.735. The Kier molecular flexibility index (Phi) is 4.83. The number of carbonyl (C=O) groups is 2. The number of carbonyl (C=O) groups excluding carboxylic acids is 1. The highest BCUT2D eigenvalue weighted by Crippen LogP contribution is 2.24. The average Bonchev–Trinajstić information content (AvgIpc) is 2.87. The molecule has 5 nitrogen and oxygen atoms in total. The molecular weight excluding hydrogens is 268 g/mol. The number of likely N-dealkylation sites (tertiary alicyclic amines) is 1. The zero-order valence-electron chi connectivity index (χ0n) is 12.5. The van der Waals surface area contributed by atoms with Gasteiger partial charge < -0.3 is 15.3 Å². The molecule has 114 valence electrons. The quantitative estimate of drug-likeness (QED) is 0.894. The van der Waals surface area contributed by atoms with Crippen molar-refractivity contribution in [2.24, 2.45) is 5.92 Å². The fraction of sp³-hybridized carbons (Fsp3) is 0.500. The molecule has 1 aliphatic heterocycles. The number of amides is 2. The maximum atomic E-state index is 12.2. The van der Waals surface area contributed by atoms with Gasteiger partial charge in [-0.1, -0.05) is 44.2 Å². The summed E-state index contributed by atoms with van der Waals surface area (Å²) >= 11 is 0. The van der Waals surface area contributed by atoms with Gasteiger partial charge in [-0.3, -0.25) is 0 Å². The molecular formula is C16H22N2O3. The average molecular weight is 290 g/mol. The first-order chi connectivity index (χ1) is 10.0. The molecule has 1 aromatic rings. The van der Waals surface area contributed by atoms with Gasteiger partial charge in [0.1, 0.15) is 6.04 Å². The van der Waals surface area contributed by atoms with Gasteiger partial charge in [0, 0.05) is 13.1 Å². The van der Waals surface area contributed by atoms with Crippen LogP contribution in [-0.2, 0) is 4.79 Å². The summed E-state index contributed by atoms with van der Waals surface area (Å²) in [5.74, 6) is -0.732. The molecule has 1 heterocycles. The van der Waals surface area contributed by atoms with Crippen molar-refractivity contribution >= 4 is 12.0 Å². The summed E-state index contributed by atoms with van der Waals surface area (Å²) in [4.78, 5) is 24.9. The van der Waals surface area contributed by atoms with Crippen LogP contribution in [0.15, 0.2) is 30.3 Å². The van der Waals surface area contributed by atoms with Gasteiger partial charge in [-0.15, -0.1) is 0 Å². The van der Waals surface area contributed by atoms with Gasteiger partial charge in [0.05, 0.1) is 0 Å². The number of urea groups is 1. The fourth-order valence-electron chi connectivity index (χ4n) is 2.79. The lowest BCUT2D eigenvalue weighted by Gasteiger charge is -2.24. The number of nitrogens with one attached hydrogen (secondary N) is 1. The van der Waals surface area contributed by atoms with Crippen molar-refractivity contribution in [2.75, 3.05) is 13.1 Å². The van der Waals surface area contributed by atoms with Crippen LogP contribution < -0.4 is 5.32 Å². The highest BCUT2D eigenvalue weighted by Gasteiger charge is 2.39. The largest absolute Gasteiger partial charge is 0.480 e. The molecule has 21 heavy (non-hydrogen) atoms. The number of aliphatic carboxylic acids is 1. The van der Waals surface area contributed by atoms with Gasteiger partial charge in [-0.25, -0.2) is 9.59 Å². The number of hydrogen-bond acceptors (Lipinski definition) is 2. The maximum absolute atomic E-state index is 12.2. The minimum absolute atomic E-state index is 0.000188. The summed E-state index contributed by atoms with van der Waals surface area (Å²) in [5, 5.41) is 12.1. The van der Waals surface area contributed by atoms with Crippen molar-refractivity contribution in [3.63, 3.8) is 0 Å². The second-order valence-corrected chi connectivity index (χ2v) is 5.74. The molecule has 0 radical (unpaired) electrons. The van der Waals surface area contributed by atoms with Crippen molar-refractivity contribution in [3.8, 4) is 0 Å². The van der Waals surface area contributed by atoms with Gasteiger partial charge in [0.25, 0.3) is 0 Å². The molecule has 0 bridgehead atoms. The van der Waals surface area contributed by atoms with E-state index in [0.29, 0.717) is 13.1 Å². The maximum Gasteiger partial charge on any atom is 0.326 e. The van der Waals surface area contributed by atoms with E-state index in [1.54, 1.807) is 0 Å². The second-order valence-electron chi connectivity index (χ2n) is 5.74. The van der Waals surface area contributed by atoms with Crippen molar-refractivity contribution < 1.29 is 14.7 Å². The lowest BCUT2D eigenvalue weighted by molar-refractivity contribution is -0.142. The van der Waals surface area contributed by atoms with Crippen LogP contribution in [-0.4, -0.2) is 41.1 Å². The first kappa shape index (κ1) is 15.4. The fourth-order valence-corrected chi connectivity index (χ4v) is 2.79. The van der Waals surface area contributed by atoms with E-state index in [1.807, 2.05) is 44.2 Å². The molecule has 1 fully saturated rings. The van der Waals surface area contributed by atoms with Crippen molar-refractivity contribution in [2.45, 2.75) is 32.2 Å². The molecule has 0 spiro atoms. The van der Waals surface area contributed by atoms with Crippen molar-refractivity contribution in [1.82, 2.24) is 10.2 Å². The van der Waals surface area contributed by atoms with E-state index >= 15 is 0 Å². The number of benzene rings is 1. The molecule has 3 unspecified atom stereocenters. The predicted octanol–water partition coefficient (Wildman–Crippen LogP) is 2.29. The van der Waals surface area contributed by atoms with Crippen LogP contribution in [0.2, 0.25) is 0 Å². The molecule has 5 heteroatoms. The first-order valence-electron chi connectivity index (χ1n) is 7.33. The minimum atomic E-state index is -0.925. The minimum Gasteiger partial charge on any atom is -0.480 e. The van der Waals surface area contributed by atoms with Crippen LogP contribution in [0, 0.1) is 5.92 Å². The Balaban J connectivity index is 1.91. The highest BCUT2D eigenvalue weighted by molar-refractivity contribution is 5.83. The third kappa shape index (κ3) is 3.54. The van der Waals surface area contributed by atoms with Crippen molar-refractivity contribution in [1.29, 1.82) is 0 Å². The third-order valence-electron chi connectivity index (χ3n) is 4.14.